The minimum Gasteiger partial charge on any atom is -0.465 e. The third-order valence-corrected chi connectivity index (χ3v) is 4.72. The summed E-state index contributed by atoms with van der Waals surface area (Å²) in [6.07, 6.45) is 1.78. The van der Waals surface area contributed by atoms with Crippen molar-refractivity contribution in [1.29, 1.82) is 0 Å². The minimum absolute atomic E-state index is 0.0176. The van der Waals surface area contributed by atoms with Crippen LogP contribution in [0.25, 0.3) is 0 Å². The number of methoxy groups -OCH3 is 1. The van der Waals surface area contributed by atoms with Crippen molar-refractivity contribution in [1.82, 2.24) is 4.90 Å². The van der Waals surface area contributed by atoms with E-state index in [-0.39, 0.29) is 36.2 Å². The highest BCUT2D eigenvalue weighted by atomic mass is 16.6. The van der Waals surface area contributed by atoms with Crippen molar-refractivity contribution in [3.05, 3.63) is 37.9 Å². The van der Waals surface area contributed by atoms with Gasteiger partial charge in [0.15, 0.2) is 0 Å². The Morgan fingerprint density at radius 1 is 1.07 bits per heavy atom. The molecule has 0 bridgehead atoms. The van der Waals surface area contributed by atoms with Crippen LogP contribution < -0.4 is 4.90 Å². The topological polar surface area (TPSA) is 136 Å². The fourth-order valence-electron chi connectivity index (χ4n) is 3.19. The van der Waals surface area contributed by atoms with Crippen molar-refractivity contribution >= 4 is 28.9 Å². The largest absolute Gasteiger partial charge is 0.465 e. The predicted molar refractivity (Wildman–Crippen MR) is 92.6 cm³/mol. The molecule has 144 valence electrons. The van der Waals surface area contributed by atoms with Crippen molar-refractivity contribution in [2.24, 2.45) is 5.92 Å². The molecule has 1 heterocycles. The Morgan fingerprint density at radius 2 is 1.70 bits per heavy atom. The van der Waals surface area contributed by atoms with E-state index in [4.69, 9.17) is 0 Å². The fraction of sp³-hybridized carbons (Fsp3) is 0.500. The zero-order chi connectivity index (χ0) is 19.7. The molecule has 1 aliphatic carbocycles. The molecule has 11 heteroatoms. The van der Waals surface area contributed by atoms with Crippen molar-refractivity contribution in [3.8, 4) is 0 Å². The number of nitro benzene ring substituents is 2. The normalized spacial score (nSPS) is 16.8. The van der Waals surface area contributed by atoms with Crippen LogP contribution in [0, 0.1) is 26.1 Å². The Hall–Kier alpha value is -3.24. The van der Waals surface area contributed by atoms with Gasteiger partial charge in [-0.1, -0.05) is 0 Å². The number of amides is 1. The zero-order valence-corrected chi connectivity index (χ0v) is 14.6. The first-order valence-corrected chi connectivity index (χ1v) is 8.42. The number of rotatable bonds is 5. The van der Waals surface area contributed by atoms with Crippen molar-refractivity contribution in [3.63, 3.8) is 0 Å². The molecule has 2 aliphatic rings. The molecule has 0 unspecified atom stereocenters. The summed E-state index contributed by atoms with van der Waals surface area (Å²) in [4.78, 5) is 48.7. The summed E-state index contributed by atoms with van der Waals surface area (Å²) in [6, 6.07) is 1.82. The lowest BCUT2D eigenvalue weighted by molar-refractivity contribution is -0.393. The Morgan fingerprint density at radius 3 is 2.19 bits per heavy atom. The van der Waals surface area contributed by atoms with Gasteiger partial charge in [-0.3, -0.25) is 25.0 Å². The monoisotopic (exact) mass is 378 g/mol. The Bertz CT molecular complexity index is 813. The Labute approximate surface area is 153 Å². The molecule has 2 fully saturated rings. The molecule has 1 saturated heterocycles. The van der Waals surface area contributed by atoms with Crippen LogP contribution in [-0.2, 0) is 9.53 Å². The van der Waals surface area contributed by atoms with E-state index in [1.807, 2.05) is 0 Å². The number of nitro groups is 2. The van der Waals surface area contributed by atoms with E-state index in [0.717, 1.165) is 32.1 Å². The summed E-state index contributed by atoms with van der Waals surface area (Å²) in [6.45, 7) is 1.29. The Kier molecular flexibility index (Phi) is 4.93. The maximum Gasteiger partial charge on any atom is 0.340 e. The van der Waals surface area contributed by atoms with Crippen LogP contribution in [0.1, 0.15) is 23.2 Å². The number of non-ortho nitro benzene ring substituents is 1. The third-order valence-electron chi connectivity index (χ3n) is 4.72. The number of carbonyl (C=O) groups excluding carboxylic acids is 2. The number of ether oxygens (including phenoxy) is 1. The van der Waals surface area contributed by atoms with E-state index < -0.39 is 27.2 Å². The quantitative estimate of drug-likeness (QED) is 0.425. The van der Waals surface area contributed by atoms with E-state index in [2.05, 4.69) is 4.74 Å². The molecule has 11 nitrogen and oxygen atoms in total. The van der Waals surface area contributed by atoms with Crippen molar-refractivity contribution < 1.29 is 24.2 Å². The first kappa shape index (κ1) is 18.5. The van der Waals surface area contributed by atoms with Gasteiger partial charge in [0.05, 0.1) is 28.6 Å². The average molecular weight is 378 g/mol. The maximum absolute atomic E-state index is 12.2. The molecule has 0 aromatic heterocycles. The second kappa shape index (κ2) is 7.17. The lowest BCUT2D eigenvalue weighted by Crippen LogP contribution is -2.49. The third kappa shape index (κ3) is 3.66. The molecule has 1 amide bonds. The van der Waals surface area contributed by atoms with Gasteiger partial charge in [-0.25, -0.2) is 4.79 Å². The molecule has 0 spiro atoms. The van der Waals surface area contributed by atoms with E-state index >= 15 is 0 Å². The summed E-state index contributed by atoms with van der Waals surface area (Å²) in [7, 11) is 1.10. The first-order valence-electron chi connectivity index (χ1n) is 8.42. The summed E-state index contributed by atoms with van der Waals surface area (Å²) < 4.78 is 4.66. The van der Waals surface area contributed by atoms with Gasteiger partial charge in [0.2, 0.25) is 5.91 Å². The maximum atomic E-state index is 12.2. The van der Waals surface area contributed by atoms with Crippen LogP contribution in [0.4, 0.5) is 17.1 Å². The molecule has 0 atom stereocenters. The Balaban J connectivity index is 1.95. The van der Waals surface area contributed by atoms with Gasteiger partial charge < -0.3 is 14.5 Å². The van der Waals surface area contributed by atoms with Crippen LogP contribution >= 0.6 is 0 Å². The van der Waals surface area contributed by atoms with Crippen LogP contribution in [0.15, 0.2) is 12.1 Å². The predicted octanol–water partition coefficient (Wildman–Crippen LogP) is 1.35. The van der Waals surface area contributed by atoms with Gasteiger partial charge in [0.1, 0.15) is 5.69 Å². The van der Waals surface area contributed by atoms with E-state index in [0.29, 0.717) is 13.1 Å². The molecule has 0 radical (unpaired) electrons. The molecule has 1 saturated carbocycles. The first-order chi connectivity index (χ1) is 12.8. The number of benzene rings is 1. The lowest BCUT2D eigenvalue weighted by Gasteiger charge is -2.36. The van der Waals surface area contributed by atoms with Gasteiger partial charge in [-0.15, -0.1) is 0 Å². The second-order valence-electron chi connectivity index (χ2n) is 6.45. The van der Waals surface area contributed by atoms with Crippen molar-refractivity contribution in [2.75, 3.05) is 38.2 Å². The number of nitrogens with zero attached hydrogens (tertiary/aromatic N) is 4. The molecule has 3 rings (SSSR count). The molecule has 0 N–H and O–H groups in total. The van der Waals surface area contributed by atoms with E-state index in [1.165, 1.54) is 0 Å². The van der Waals surface area contributed by atoms with Crippen molar-refractivity contribution in [2.45, 2.75) is 12.8 Å². The number of anilines is 1. The highest BCUT2D eigenvalue weighted by Gasteiger charge is 2.37. The van der Waals surface area contributed by atoms with E-state index in [9.17, 15) is 29.8 Å². The number of piperazine rings is 1. The minimum atomic E-state index is -0.895. The summed E-state index contributed by atoms with van der Waals surface area (Å²) in [5, 5.41) is 22.6. The number of hydrogen-bond donors (Lipinski definition) is 0. The molecule has 1 aromatic rings. The zero-order valence-electron chi connectivity index (χ0n) is 14.6. The standard InChI is InChI=1S/C16H18N4O7/c1-27-16(22)12-8-11(19(23)24)9-13(20(25)26)14(12)17-4-6-18(7-5-17)15(21)10-2-3-10/h8-10H,2-7H2,1H3. The van der Waals surface area contributed by atoms with Gasteiger partial charge in [0.25, 0.3) is 11.4 Å². The number of hydrogen-bond acceptors (Lipinski definition) is 8. The number of carbonyl (C=O) groups is 2. The van der Waals surface area contributed by atoms with Crippen LogP contribution in [0.3, 0.4) is 0 Å². The summed E-state index contributed by atoms with van der Waals surface area (Å²) >= 11 is 0. The molecular formula is C16H18N4O7. The lowest BCUT2D eigenvalue weighted by atomic mass is 10.1. The molecular weight excluding hydrogens is 360 g/mol. The van der Waals surface area contributed by atoms with Crippen LogP contribution in [0.5, 0.6) is 0 Å². The summed E-state index contributed by atoms with van der Waals surface area (Å²) in [5.74, 6) is -0.731. The van der Waals surface area contributed by atoms with Crippen LogP contribution in [-0.4, -0.2) is 59.9 Å². The fourth-order valence-corrected chi connectivity index (χ4v) is 3.19. The van der Waals surface area contributed by atoms with Crippen LogP contribution in [0.2, 0.25) is 0 Å². The number of esters is 1. The van der Waals surface area contributed by atoms with Gasteiger partial charge in [-0.2, -0.15) is 0 Å². The SMILES string of the molecule is COC(=O)c1cc([N+](=O)[O-])cc([N+](=O)[O-])c1N1CCN(C(=O)C2CC2)CC1. The second-order valence-corrected chi connectivity index (χ2v) is 6.45. The highest BCUT2D eigenvalue weighted by molar-refractivity contribution is 5.99. The molecule has 1 aliphatic heterocycles. The van der Waals surface area contributed by atoms with Gasteiger partial charge in [-0.05, 0) is 12.8 Å². The highest BCUT2D eigenvalue weighted by Crippen LogP contribution is 2.38. The summed E-state index contributed by atoms with van der Waals surface area (Å²) in [5.41, 5.74) is -1.35. The van der Waals surface area contributed by atoms with E-state index in [1.54, 1.807) is 9.80 Å². The molecule has 27 heavy (non-hydrogen) atoms. The van der Waals surface area contributed by atoms with Gasteiger partial charge >= 0.3 is 5.97 Å². The molecule has 1 aromatic carbocycles. The average Bonchev–Trinajstić information content (AvgIpc) is 3.51. The smallest absolute Gasteiger partial charge is 0.340 e. The van der Waals surface area contributed by atoms with Gasteiger partial charge in [0, 0.05) is 38.2 Å².